The number of carboxylic acids is 1. The van der Waals surface area contributed by atoms with Gasteiger partial charge in [-0.1, -0.05) is 6.92 Å². The molecule has 0 aromatic carbocycles. The average molecular weight is 146 g/mol. The van der Waals surface area contributed by atoms with Gasteiger partial charge in [0.05, 0.1) is 5.41 Å². The van der Waals surface area contributed by atoms with Crippen LogP contribution in [0.5, 0.6) is 0 Å². The highest BCUT2D eigenvalue weighted by atomic mass is 27.0. The Bertz CT molecular complexity index is 99.2. The van der Waals surface area contributed by atoms with Crippen LogP contribution >= 0.6 is 0 Å². The molecule has 0 aliphatic rings. The molecule has 0 spiro atoms. The summed E-state index contributed by atoms with van der Waals surface area (Å²) in [6.07, 6.45) is 0.683. The minimum Gasteiger partial charge on any atom is -0.481 e. The number of carbonyl (C=O) groups is 1. The second-order valence-corrected chi connectivity index (χ2v) is 2.54. The molecule has 1 N–H and O–H groups in total. The second kappa shape index (κ2) is 3.92. The first kappa shape index (κ1) is 11.8. The monoisotopic (exact) mass is 146 g/mol. The van der Waals surface area contributed by atoms with Crippen LogP contribution in [0.25, 0.3) is 0 Å². The van der Waals surface area contributed by atoms with Crippen LogP contribution in [0.15, 0.2) is 0 Å². The Labute approximate surface area is 66.4 Å². The highest BCUT2D eigenvalue weighted by molar-refractivity contribution is 5.75. The quantitative estimate of drug-likeness (QED) is 0.570. The molecule has 0 amide bonds. The fourth-order valence-corrected chi connectivity index (χ4v) is 0.151. The molecule has 0 radical (unpaired) electrons. The molecule has 0 aliphatic heterocycles. The van der Waals surface area contributed by atoms with Gasteiger partial charge in [-0.25, -0.2) is 0 Å². The summed E-state index contributed by atoms with van der Waals surface area (Å²) in [4.78, 5) is 10.3. The van der Waals surface area contributed by atoms with Crippen LogP contribution < -0.4 is 0 Å². The lowest BCUT2D eigenvalue weighted by Crippen LogP contribution is -2.21. The number of hydrogen-bond acceptors (Lipinski definition) is 1. The zero-order valence-electron chi connectivity index (χ0n) is 5.56. The van der Waals surface area contributed by atoms with Crippen molar-refractivity contribution < 1.29 is 9.90 Å². The van der Waals surface area contributed by atoms with Crippen molar-refractivity contribution in [3.8, 4) is 0 Å². The molecule has 0 saturated carbocycles. The second-order valence-electron chi connectivity index (χ2n) is 2.54. The van der Waals surface area contributed by atoms with Crippen LogP contribution in [-0.4, -0.2) is 28.4 Å². The topological polar surface area (TPSA) is 37.3 Å². The molecule has 0 fully saturated rings. The number of hydrogen-bond donors (Lipinski definition) is 1. The third kappa shape index (κ3) is 3.56. The van der Waals surface area contributed by atoms with E-state index in [4.69, 9.17) is 5.11 Å². The first-order valence-corrected chi connectivity index (χ1v) is 2.74. The summed E-state index contributed by atoms with van der Waals surface area (Å²) < 4.78 is 0. The van der Waals surface area contributed by atoms with Gasteiger partial charge in [-0.05, 0) is 20.3 Å². The van der Waals surface area contributed by atoms with Gasteiger partial charge in [-0.3, -0.25) is 4.79 Å². The van der Waals surface area contributed by atoms with Crippen molar-refractivity contribution in [2.45, 2.75) is 27.2 Å². The highest BCUT2D eigenvalue weighted by Gasteiger charge is 2.23. The molecule has 2 nitrogen and oxygen atoms in total. The smallest absolute Gasteiger partial charge is 0.309 e. The molecule has 0 heterocycles. The Kier molecular flexibility index (Phi) is 5.12. The zero-order valence-corrected chi connectivity index (χ0v) is 5.56. The van der Waals surface area contributed by atoms with Gasteiger partial charge in [0.2, 0.25) is 0 Å². The normalized spacial score (nSPS) is 10.1. The van der Waals surface area contributed by atoms with E-state index in [1.54, 1.807) is 13.8 Å². The number of carboxylic acid groups (broad SMARTS) is 1. The summed E-state index contributed by atoms with van der Waals surface area (Å²) in [5, 5.41) is 8.44. The van der Waals surface area contributed by atoms with Crippen LogP contribution in [0, 0.1) is 5.41 Å². The fraction of sp³-hybridized carbons (Fsp3) is 0.833. The largest absolute Gasteiger partial charge is 0.481 e. The molecule has 0 rings (SSSR count). The summed E-state index contributed by atoms with van der Waals surface area (Å²) in [7, 11) is 0. The van der Waals surface area contributed by atoms with E-state index in [2.05, 4.69) is 0 Å². The van der Waals surface area contributed by atoms with E-state index in [-0.39, 0.29) is 17.4 Å². The van der Waals surface area contributed by atoms with Crippen molar-refractivity contribution in [1.29, 1.82) is 0 Å². The lowest BCUT2D eigenvalue weighted by atomic mass is 9.91. The average Bonchev–Trinajstić information content (AvgIpc) is 1.67. The van der Waals surface area contributed by atoms with Crippen molar-refractivity contribution >= 4 is 23.3 Å². The summed E-state index contributed by atoms with van der Waals surface area (Å²) in [6, 6.07) is 0. The zero-order chi connectivity index (χ0) is 6.78. The van der Waals surface area contributed by atoms with Gasteiger partial charge in [0.15, 0.2) is 17.4 Å². The van der Waals surface area contributed by atoms with Crippen molar-refractivity contribution in [2.24, 2.45) is 5.41 Å². The molecule has 0 saturated heterocycles. The van der Waals surface area contributed by atoms with Gasteiger partial charge < -0.3 is 5.11 Å². The standard InChI is InChI=1S/C6H12O2.Al.3H/c1-4-6(2,3)5(7)8;;;;/h4H2,1-3H3,(H,7,8);;;;. The summed E-state index contributed by atoms with van der Waals surface area (Å²) in [5.74, 6) is -0.722. The van der Waals surface area contributed by atoms with Gasteiger partial charge in [-0.15, -0.1) is 0 Å². The third-order valence-corrected chi connectivity index (χ3v) is 1.46. The number of aliphatic carboxylic acids is 1. The molecule has 0 unspecified atom stereocenters. The van der Waals surface area contributed by atoms with Crippen LogP contribution in [0.2, 0.25) is 0 Å². The van der Waals surface area contributed by atoms with Crippen molar-refractivity contribution in [3.63, 3.8) is 0 Å². The SMILES string of the molecule is CCC(C)(C)C(=O)O.[AlH3]. The molecule has 0 bridgehead atoms. The maximum Gasteiger partial charge on any atom is 0.309 e. The Balaban J connectivity index is 0. The molecule has 9 heavy (non-hydrogen) atoms. The Hall–Kier alpha value is 0.00247. The van der Waals surface area contributed by atoms with Crippen molar-refractivity contribution in [3.05, 3.63) is 0 Å². The van der Waals surface area contributed by atoms with Crippen LogP contribution in [0.3, 0.4) is 0 Å². The third-order valence-electron chi connectivity index (χ3n) is 1.46. The lowest BCUT2D eigenvalue weighted by molar-refractivity contribution is -0.147. The van der Waals surface area contributed by atoms with E-state index in [0.717, 1.165) is 0 Å². The number of rotatable bonds is 2. The summed E-state index contributed by atoms with van der Waals surface area (Å²) in [5.41, 5.74) is -0.542. The molecule has 3 heteroatoms. The van der Waals surface area contributed by atoms with E-state index in [1.165, 1.54) is 0 Å². The Morgan fingerprint density at radius 1 is 1.56 bits per heavy atom. The highest BCUT2D eigenvalue weighted by Crippen LogP contribution is 2.18. The fourth-order valence-electron chi connectivity index (χ4n) is 0.151. The first-order chi connectivity index (χ1) is 3.50. The lowest BCUT2D eigenvalue weighted by Gasteiger charge is -2.14. The molecule has 0 aromatic rings. The maximum absolute atomic E-state index is 10.3. The van der Waals surface area contributed by atoms with E-state index in [9.17, 15) is 4.79 Å². The van der Waals surface area contributed by atoms with Gasteiger partial charge >= 0.3 is 5.97 Å². The molecular formula is C6H15AlO2. The van der Waals surface area contributed by atoms with Gasteiger partial charge in [0, 0.05) is 0 Å². The van der Waals surface area contributed by atoms with Crippen molar-refractivity contribution in [2.75, 3.05) is 0 Å². The Morgan fingerprint density at radius 2 is 1.89 bits per heavy atom. The maximum atomic E-state index is 10.3. The summed E-state index contributed by atoms with van der Waals surface area (Å²) >= 11 is 0. The predicted molar refractivity (Wildman–Crippen MR) is 41.6 cm³/mol. The predicted octanol–water partition coefficient (Wildman–Crippen LogP) is 0.323. The minimum absolute atomic E-state index is 0. The molecule has 0 aromatic heterocycles. The van der Waals surface area contributed by atoms with Gasteiger partial charge in [0.25, 0.3) is 0 Å². The molecular weight excluding hydrogens is 131 g/mol. The molecule has 0 atom stereocenters. The summed E-state index contributed by atoms with van der Waals surface area (Å²) in [6.45, 7) is 5.30. The van der Waals surface area contributed by atoms with Gasteiger partial charge in [-0.2, -0.15) is 0 Å². The first-order valence-electron chi connectivity index (χ1n) is 2.74. The molecule has 54 valence electrons. The van der Waals surface area contributed by atoms with Crippen molar-refractivity contribution in [1.82, 2.24) is 0 Å². The van der Waals surface area contributed by atoms with E-state index < -0.39 is 11.4 Å². The minimum atomic E-state index is -0.722. The Morgan fingerprint density at radius 3 is 1.89 bits per heavy atom. The van der Waals surface area contributed by atoms with Crippen LogP contribution in [0.4, 0.5) is 0 Å². The van der Waals surface area contributed by atoms with Crippen LogP contribution in [-0.2, 0) is 4.79 Å². The molecule has 0 aliphatic carbocycles. The van der Waals surface area contributed by atoms with Crippen LogP contribution in [0.1, 0.15) is 27.2 Å². The van der Waals surface area contributed by atoms with E-state index in [1.807, 2.05) is 6.92 Å². The van der Waals surface area contributed by atoms with Gasteiger partial charge in [0.1, 0.15) is 0 Å². The van der Waals surface area contributed by atoms with E-state index in [0.29, 0.717) is 6.42 Å². The van der Waals surface area contributed by atoms with E-state index >= 15 is 0 Å².